The lowest BCUT2D eigenvalue weighted by Gasteiger charge is -2.40. The summed E-state index contributed by atoms with van der Waals surface area (Å²) in [6.07, 6.45) is 10.2. The van der Waals surface area contributed by atoms with Crippen molar-refractivity contribution in [2.45, 2.75) is 51.1 Å². The number of pyridine rings is 1. The number of nitrogens with zero attached hydrogens (tertiary/aromatic N) is 1. The van der Waals surface area contributed by atoms with E-state index in [0.717, 1.165) is 28.4 Å². The van der Waals surface area contributed by atoms with E-state index in [1.807, 2.05) is 60.7 Å². The zero-order valence-corrected chi connectivity index (χ0v) is 23.1. The van der Waals surface area contributed by atoms with Crippen molar-refractivity contribution in [3.8, 4) is 22.8 Å². The Morgan fingerprint density at radius 3 is 2.18 bits per heavy atom. The van der Waals surface area contributed by atoms with Gasteiger partial charge in [0.25, 0.3) is 0 Å². The number of nitrogens with two attached hydrogens (primary N) is 1. The lowest BCUT2D eigenvalue weighted by molar-refractivity contribution is 0.482. The smallest absolute Gasteiger partial charge is 0.129 e. The Labute approximate surface area is 232 Å². The van der Waals surface area contributed by atoms with Crippen LogP contribution in [-0.2, 0) is 5.54 Å². The number of hydrogen-bond acceptors (Lipinski definition) is 4. The van der Waals surface area contributed by atoms with E-state index in [2.05, 4.69) is 86.6 Å². The Morgan fingerprint density at radius 1 is 0.795 bits per heavy atom. The number of nitrogens with one attached hydrogen (secondary N) is 1. The van der Waals surface area contributed by atoms with Crippen molar-refractivity contribution in [2.24, 2.45) is 5.73 Å². The van der Waals surface area contributed by atoms with Crippen molar-refractivity contribution in [2.75, 3.05) is 5.32 Å². The van der Waals surface area contributed by atoms with Gasteiger partial charge in [0.1, 0.15) is 11.5 Å². The van der Waals surface area contributed by atoms with Gasteiger partial charge in [-0.1, -0.05) is 94.5 Å². The Kier molecular flexibility index (Phi) is 7.67. The summed E-state index contributed by atoms with van der Waals surface area (Å²) in [6.45, 7) is 8.95. The average molecular weight is 516 g/mol. The predicted octanol–water partition coefficient (Wildman–Crippen LogP) is 8.55. The van der Waals surface area contributed by atoms with Gasteiger partial charge in [-0.05, 0) is 64.9 Å². The Bertz CT molecular complexity index is 1460. The van der Waals surface area contributed by atoms with Crippen molar-refractivity contribution in [3.05, 3.63) is 132 Å². The third-order valence-corrected chi connectivity index (χ3v) is 7.29. The molecule has 39 heavy (non-hydrogen) atoms. The Balaban J connectivity index is 1.43. The molecule has 4 nitrogen and oxygen atoms in total. The molecule has 3 N–H and O–H groups in total. The van der Waals surface area contributed by atoms with Crippen molar-refractivity contribution in [3.63, 3.8) is 0 Å². The molecule has 1 aromatic heterocycles. The quantitative estimate of drug-likeness (QED) is 0.247. The normalized spacial score (nSPS) is 18.5. The highest BCUT2D eigenvalue weighted by molar-refractivity contribution is 5.61. The second-order valence-corrected chi connectivity index (χ2v) is 10.8. The van der Waals surface area contributed by atoms with Gasteiger partial charge >= 0.3 is 0 Å². The highest BCUT2D eigenvalue weighted by atomic mass is 16.5. The number of rotatable bonds is 8. The molecule has 2 unspecified atom stereocenters. The van der Waals surface area contributed by atoms with Gasteiger partial charge in [0.05, 0.1) is 17.3 Å². The Hall–Kier alpha value is -4.15. The molecule has 0 spiro atoms. The van der Waals surface area contributed by atoms with Crippen LogP contribution in [0.3, 0.4) is 0 Å². The van der Waals surface area contributed by atoms with E-state index in [0.29, 0.717) is 11.8 Å². The second-order valence-electron chi connectivity index (χ2n) is 10.8. The molecule has 0 saturated carbocycles. The number of aromatic nitrogens is 1. The van der Waals surface area contributed by atoms with E-state index in [9.17, 15) is 0 Å². The molecule has 1 heterocycles. The van der Waals surface area contributed by atoms with Crippen LogP contribution >= 0.6 is 0 Å². The first-order valence-corrected chi connectivity index (χ1v) is 13.7. The minimum atomic E-state index is -0.705. The standard InChI is InChI=1S/C35H37N3O/c1-24(2)30-16-11-17-31(25(3)4)34(30)35(36)20-7-5-19-33(35)38-27-13-10-15-29(23-27)39-28-14-9-12-26(22-28)32-18-6-8-21-37-32/h5-25,33,38H,36H2,1-4H3. The molecule has 0 saturated heterocycles. The molecule has 1 aliphatic rings. The number of hydrogen-bond donors (Lipinski definition) is 2. The van der Waals surface area contributed by atoms with Gasteiger partial charge in [0.2, 0.25) is 0 Å². The monoisotopic (exact) mass is 515 g/mol. The molecule has 5 rings (SSSR count). The third kappa shape index (κ3) is 5.67. The van der Waals surface area contributed by atoms with E-state index < -0.39 is 5.54 Å². The summed E-state index contributed by atoms with van der Waals surface area (Å²) in [7, 11) is 0. The summed E-state index contributed by atoms with van der Waals surface area (Å²) in [5.74, 6) is 2.23. The van der Waals surface area contributed by atoms with Crippen LogP contribution in [0.2, 0.25) is 0 Å². The van der Waals surface area contributed by atoms with E-state index in [-0.39, 0.29) is 6.04 Å². The van der Waals surface area contributed by atoms with Crippen LogP contribution in [0.25, 0.3) is 11.3 Å². The highest BCUT2D eigenvalue weighted by Crippen LogP contribution is 2.40. The Morgan fingerprint density at radius 2 is 1.49 bits per heavy atom. The van der Waals surface area contributed by atoms with Gasteiger partial charge < -0.3 is 15.8 Å². The molecule has 0 aliphatic heterocycles. The number of allylic oxidation sites excluding steroid dienone is 2. The summed E-state index contributed by atoms with van der Waals surface area (Å²) in [5, 5.41) is 3.71. The molecule has 0 fully saturated rings. The number of benzene rings is 3. The van der Waals surface area contributed by atoms with Gasteiger partial charge in [0.15, 0.2) is 0 Å². The molecular weight excluding hydrogens is 478 g/mol. The fraction of sp³-hybridized carbons (Fsp3) is 0.229. The SMILES string of the molecule is CC(C)c1cccc(C(C)C)c1C1(N)C=CC=CC1Nc1cccc(Oc2cccc(-c3ccccn3)c2)c1. The van der Waals surface area contributed by atoms with Gasteiger partial charge in [-0.3, -0.25) is 4.98 Å². The molecule has 0 bridgehead atoms. The minimum absolute atomic E-state index is 0.136. The van der Waals surface area contributed by atoms with Crippen LogP contribution < -0.4 is 15.8 Å². The predicted molar refractivity (Wildman–Crippen MR) is 162 cm³/mol. The lowest BCUT2D eigenvalue weighted by atomic mass is 9.73. The second kappa shape index (κ2) is 11.3. The maximum Gasteiger partial charge on any atom is 0.129 e. The largest absolute Gasteiger partial charge is 0.457 e. The molecule has 0 amide bonds. The van der Waals surface area contributed by atoms with Crippen LogP contribution in [0.4, 0.5) is 5.69 Å². The van der Waals surface area contributed by atoms with E-state index in [1.165, 1.54) is 16.7 Å². The van der Waals surface area contributed by atoms with Crippen molar-refractivity contribution >= 4 is 5.69 Å². The molecule has 4 heteroatoms. The molecule has 198 valence electrons. The van der Waals surface area contributed by atoms with Crippen LogP contribution in [0.5, 0.6) is 11.5 Å². The first-order chi connectivity index (χ1) is 18.8. The molecule has 4 aromatic rings. The topological polar surface area (TPSA) is 60.2 Å². The first-order valence-electron chi connectivity index (χ1n) is 13.7. The van der Waals surface area contributed by atoms with Gasteiger partial charge in [-0.2, -0.15) is 0 Å². The summed E-state index contributed by atoms with van der Waals surface area (Å²) < 4.78 is 6.28. The first kappa shape index (κ1) is 26.5. The molecular formula is C35H37N3O. The van der Waals surface area contributed by atoms with Gasteiger partial charge in [0, 0.05) is 23.5 Å². The van der Waals surface area contributed by atoms with E-state index in [1.54, 1.807) is 6.20 Å². The van der Waals surface area contributed by atoms with Crippen LogP contribution in [0.1, 0.15) is 56.2 Å². The van der Waals surface area contributed by atoms with E-state index >= 15 is 0 Å². The van der Waals surface area contributed by atoms with Gasteiger partial charge in [-0.15, -0.1) is 0 Å². The van der Waals surface area contributed by atoms with Crippen molar-refractivity contribution in [1.29, 1.82) is 0 Å². The minimum Gasteiger partial charge on any atom is -0.457 e. The summed E-state index contributed by atoms with van der Waals surface area (Å²) in [6, 6.07) is 28.4. The fourth-order valence-electron chi connectivity index (χ4n) is 5.33. The van der Waals surface area contributed by atoms with Gasteiger partial charge in [-0.25, -0.2) is 0 Å². The van der Waals surface area contributed by atoms with Crippen LogP contribution in [-0.4, -0.2) is 11.0 Å². The third-order valence-electron chi connectivity index (χ3n) is 7.29. The van der Waals surface area contributed by atoms with Crippen molar-refractivity contribution < 1.29 is 4.74 Å². The molecule has 2 atom stereocenters. The number of ether oxygens (including phenoxy) is 1. The van der Waals surface area contributed by atoms with Crippen LogP contribution in [0, 0.1) is 0 Å². The highest BCUT2D eigenvalue weighted by Gasteiger charge is 2.38. The summed E-state index contributed by atoms with van der Waals surface area (Å²) in [5.41, 5.74) is 13.3. The maximum absolute atomic E-state index is 7.35. The summed E-state index contributed by atoms with van der Waals surface area (Å²) >= 11 is 0. The van der Waals surface area contributed by atoms with E-state index in [4.69, 9.17) is 10.5 Å². The van der Waals surface area contributed by atoms with Crippen molar-refractivity contribution in [1.82, 2.24) is 4.98 Å². The lowest BCUT2D eigenvalue weighted by Crippen LogP contribution is -2.51. The average Bonchev–Trinajstić information content (AvgIpc) is 2.95. The van der Waals surface area contributed by atoms with Crippen LogP contribution in [0.15, 0.2) is 115 Å². The zero-order valence-electron chi connectivity index (χ0n) is 23.1. The molecule has 1 aliphatic carbocycles. The maximum atomic E-state index is 7.35. The number of anilines is 1. The summed E-state index contributed by atoms with van der Waals surface area (Å²) in [4.78, 5) is 4.46. The fourth-order valence-corrected chi connectivity index (χ4v) is 5.33. The molecule has 3 aromatic carbocycles. The zero-order chi connectivity index (χ0) is 27.4. The molecule has 0 radical (unpaired) electrons.